The van der Waals surface area contributed by atoms with E-state index in [-0.39, 0.29) is 11.3 Å². The molecule has 0 unspecified atom stereocenters. The molecule has 110 valence electrons. The van der Waals surface area contributed by atoms with Crippen LogP contribution >= 0.6 is 11.3 Å². The molecule has 0 aromatic carbocycles. The minimum atomic E-state index is -0.571. The van der Waals surface area contributed by atoms with Gasteiger partial charge in [0.2, 0.25) is 0 Å². The van der Waals surface area contributed by atoms with E-state index in [4.69, 9.17) is 0 Å². The van der Waals surface area contributed by atoms with Crippen molar-refractivity contribution in [2.75, 3.05) is 11.9 Å². The van der Waals surface area contributed by atoms with Crippen molar-refractivity contribution in [3.63, 3.8) is 0 Å². The minimum Gasteiger partial charge on any atom is -0.370 e. The largest absolute Gasteiger partial charge is 0.370 e. The number of nitrogens with zero attached hydrogens (tertiary/aromatic N) is 2. The van der Waals surface area contributed by atoms with E-state index in [1.165, 1.54) is 17.4 Å². The van der Waals surface area contributed by atoms with Crippen LogP contribution in [0.15, 0.2) is 29.1 Å². The normalized spacial score (nSPS) is 10.1. The van der Waals surface area contributed by atoms with Crippen molar-refractivity contribution in [2.24, 2.45) is 0 Å². The molecule has 2 N–H and O–H groups in total. The lowest BCUT2D eigenvalue weighted by Crippen LogP contribution is -2.24. The first-order chi connectivity index (χ1) is 10.1. The van der Waals surface area contributed by atoms with Crippen molar-refractivity contribution in [1.29, 1.82) is 0 Å². The zero-order valence-corrected chi connectivity index (χ0v) is 12.1. The Hall–Kier alpha value is -2.48. The summed E-state index contributed by atoms with van der Waals surface area (Å²) in [5, 5.41) is 20.3. The SMILES string of the molecule is CCNc1ncc([N+](=O)[O-])cc1C(=O)NCc1ccsc1. The van der Waals surface area contributed by atoms with Gasteiger partial charge in [-0.05, 0) is 29.3 Å². The summed E-state index contributed by atoms with van der Waals surface area (Å²) >= 11 is 1.54. The molecule has 0 fully saturated rings. The number of anilines is 1. The van der Waals surface area contributed by atoms with Crippen molar-refractivity contribution < 1.29 is 9.72 Å². The Balaban J connectivity index is 2.20. The molecule has 2 rings (SSSR count). The second-order valence-corrected chi connectivity index (χ2v) is 4.97. The van der Waals surface area contributed by atoms with E-state index in [1.54, 1.807) is 0 Å². The third kappa shape index (κ3) is 3.76. The molecule has 2 aromatic heterocycles. The quantitative estimate of drug-likeness (QED) is 0.631. The number of carbonyl (C=O) groups is 1. The highest BCUT2D eigenvalue weighted by Gasteiger charge is 2.17. The molecule has 0 aliphatic carbocycles. The van der Waals surface area contributed by atoms with E-state index in [0.29, 0.717) is 18.9 Å². The number of rotatable bonds is 6. The van der Waals surface area contributed by atoms with Crippen LogP contribution in [0.2, 0.25) is 0 Å². The fourth-order valence-electron chi connectivity index (χ4n) is 1.71. The summed E-state index contributed by atoms with van der Waals surface area (Å²) in [6, 6.07) is 3.13. The summed E-state index contributed by atoms with van der Waals surface area (Å²) < 4.78 is 0. The summed E-state index contributed by atoms with van der Waals surface area (Å²) in [5.74, 6) is -0.0562. The van der Waals surface area contributed by atoms with Crippen LogP contribution in [0, 0.1) is 10.1 Å². The molecule has 8 heteroatoms. The summed E-state index contributed by atoms with van der Waals surface area (Å²) in [6.07, 6.45) is 1.13. The lowest BCUT2D eigenvalue weighted by molar-refractivity contribution is -0.385. The third-order valence-electron chi connectivity index (χ3n) is 2.71. The van der Waals surface area contributed by atoms with Gasteiger partial charge < -0.3 is 10.6 Å². The maximum absolute atomic E-state index is 12.2. The maximum Gasteiger partial charge on any atom is 0.288 e. The van der Waals surface area contributed by atoms with E-state index in [9.17, 15) is 14.9 Å². The Labute approximate surface area is 125 Å². The topological polar surface area (TPSA) is 97.2 Å². The zero-order chi connectivity index (χ0) is 15.2. The molecule has 1 amide bonds. The summed E-state index contributed by atoms with van der Waals surface area (Å²) in [7, 11) is 0. The highest BCUT2D eigenvalue weighted by atomic mass is 32.1. The molecule has 0 saturated heterocycles. The third-order valence-corrected chi connectivity index (χ3v) is 3.44. The van der Waals surface area contributed by atoms with Gasteiger partial charge in [0, 0.05) is 19.2 Å². The van der Waals surface area contributed by atoms with Crippen molar-refractivity contribution in [3.05, 3.63) is 50.3 Å². The Kier molecular flexibility index (Phi) is 4.83. The Morgan fingerprint density at radius 3 is 2.95 bits per heavy atom. The number of amides is 1. The van der Waals surface area contributed by atoms with Crippen LogP contribution in [-0.2, 0) is 6.54 Å². The fourth-order valence-corrected chi connectivity index (χ4v) is 2.37. The van der Waals surface area contributed by atoms with Crippen LogP contribution in [-0.4, -0.2) is 22.4 Å². The van der Waals surface area contributed by atoms with Gasteiger partial charge in [0.15, 0.2) is 0 Å². The highest BCUT2D eigenvalue weighted by molar-refractivity contribution is 7.07. The Bertz CT molecular complexity index is 643. The molecule has 0 bridgehead atoms. The van der Waals surface area contributed by atoms with Gasteiger partial charge in [0.1, 0.15) is 12.0 Å². The first kappa shape index (κ1) is 14.9. The average Bonchev–Trinajstić information content (AvgIpc) is 2.98. The van der Waals surface area contributed by atoms with E-state index in [2.05, 4.69) is 15.6 Å². The zero-order valence-electron chi connectivity index (χ0n) is 11.3. The predicted molar refractivity (Wildman–Crippen MR) is 80.5 cm³/mol. The molecule has 0 spiro atoms. The average molecular weight is 306 g/mol. The number of thiophene rings is 1. The second kappa shape index (κ2) is 6.80. The standard InChI is InChI=1S/C13H14N4O3S/c1-2-14-12-11(5-10(7-15-12)17(19)20)13(18)16-6-9-3-4-21-8-9/h3-5,7-8H,2,6H2,1H3,(H,14,15)(H,16,18). The Morgan fingerprint density at radius 1 is 1.52 bits per heavy atom. The van der Waals surface area contributed by atoms with Gasteiger partial charge in [-0.3, -0.25) is 14.9 Å². The first-order valence-electron chi connectivity index (χ1n) is 6.29. The molecule has 7 nitrogen and oxygen atoms in total. The lowest BCUT2D eigenvalue weighted by Gasteiger charge is -2.09. The van der Waals surface area contributed by atoms with Gasteiger partial charge in [-0.15, -0.1) is 0 Å². The molecule has 0 atom stereocenters. The molecule has 0 saturated carbocycles. The molecule has 0 radical (unpaired) electrons. The van der Waals surface area contributed by atoms with Crippen LogP contribution in [0.25, 0.3) is 0 Å². The molecule has 21 heavy (non-hydrogen) atoms. The smallest absolute Gasteiger partial charge is 0.288 e. The molecule has 2 heterocycles. The van der Waals surface area contributed by atoms with Gasteiger partial charge in [0.05, 0.1) is 10.5 Å². The predicted octanol–water partition coefficient (Wildman–Crippen LogP) is 2.41. The van der Waals surface area contributed by atoms with E-state index in [0.717, 1.165) is 11.8 Å². The van der Waals surface area contributed by atoms with Crippen LogP contribution in [0.4, 0.5) is 11.5 Å². The number of hydrogen-bond acceptors (Lipinski definition) is 6. The highest BCUT2D eigenvalue weighted by Crippen LogP contribution is 2.19. The number of nitrogens with one attached hydrogen (secondary N) is 2. The second-order valence-electron chi connectivity index (χ2n) is 4.19. The number of aromatic nitrogens is 1. The van der Waals surface area contributed by atoms with Crippen LogP contribution in [0.3, 0.4) is 0 Å². The Morgan fingerprint density at radius 2 is 2.33 bits per heavy atom. The fraction of sp³-hybridized carbons (Fsp3) is 0.231. The number of hydrogen-bond donors (Lipinski definition) is 2. The van der Waals surface area contributed by atoms with Gasteiger partial charge >= 0.3 is 0 Å². The van der Waals surface area contributed by atoms with Crippen molar-refractivity contribution >= 4 is 28.7 Å². The molecule has 2 aromatic rings. The molecule has 0 aliphatic heterocycles. The first-order valence-corrected chi connectivity index (χ1v) is 7.23. The van der Waals surface area contributed by atoms with Gasteiger partial charge in [0.25, 0.3) is 11.6 Å². The summed E-state index contributed by atoms with van der Waals surface area (Å²) in [6.45, 7) is 2.79. The monoisotopic (exact) mass is 306 g/mol. The van der Waals surface area contributed by atoms with Gasteiger partial charge in [-0.25, -0.2) is 4.98 Å². The van der Waals surface area contributed by atoms with Gasteiger partial charge in [-0.1, -0.05) is 0 Å². The van der Waals surface area contributed by atoms with Crippen LogP contribution < -0.4 is 10.6 Å². The summed E-state index contributed by atoms with van der Waals surface area (Å²) in [4.78, 5) is 26.4. The molecular formula is C13H14N4O3S. The van der Waals surface area contributed by atoms with E-state index in [1.807, 2.05) is 23.8 Å². The number of pyridine rings is 1. The van der Waals surface area contributed by atoms with Crippen molar-refractivity contribution in [2.45, 2.75) is 13.5 Å². The maximum atomic E-state index is 12.2. The lowest BCUT2D eigenvalue weighted by atomic mass is 10.2. The summed E-state index contributed by atoms with van der Waals surface area (Å²) in [5.41, 5.74) is 0.940. The van der Waals surface area contributed by atoms with Gasteiger partial charge in [-0.2, -0.15) is 11.3 Å². The van der Waals surface area contributed by atoms with Crippen LogP contribution in [0.1, 0.15) is 22.8 Å². The number of nitro groups is 1. The molecule has 0 aliphatic rings. The van der Waals surface area contributed by atoms with E-state index < -0.39 is 10.8 Å². The van der Waals surface area contributed by atoms with Crippen LogP contribution in [0.5, 0.6) is 0 Å². The van der Waals surface area contributed by atoms with Crippen molar-refractivity contribution in [1.82, 2.24) is 10.3 Å². The van der Waals surface area contributed by atoms with E-state index >= 15 is 0 Å². The number of carbonyl (C=O) groups excluding carboxylic acids is 1. The minimum absolute atomic E-state index is 0.168. The van der Waals surface area contributed by atoms with Crippen molar-refractivity contribution in [3.8, 4) is 0 Å². The molecular weight excluding hydrogens is 292 g/mol.